The van der Waals surface area contributed by atoms with E-state index in [9.17, 15) is 20.1 Å². The normalized spacial score (nSPS) is 20.0. The van der Waals surface area contributed by atoms with Crippen molar-refractivity contribution in [2.75, 3.05) is 68.6 Å². The van der Waals surface area contributed by atoms with E-state index in [1.54, 1.807) is 12.1 Å². The first-order chi connectivity index (χ1) is 22.3. The van der Waals surface area contributed by atoms with Crippen LogP contribution in [0.1, 0.15) is 30.5 Å². The third-order valence-electron chi connectivity index (χ3n) is 7.95. The zero-order valence-electron chi connectivity index (χ0n) is 25.0. The maximum absolute atomic E-state index is 13.0. The molecule has 0 bridgehead atoms. The fraction of sp³-hybridized carbons (Fsp3) is 0.483. The van der Waals surface area contributed by atoms with Gasteiger partial charge in [0.05, 0.1) is 73.7 Å². The zero-order valence-corrected chi connectivity index (χ0v) is 25.8. The Kier molecular flexibility index (Phi) is 9.20. The van der Waals surface area contributed by atoms with E-state index in [2.05, 4.69) is 43.2 Å². The third kappa shape index (κ3) is 6.99. The maximum atomic E-state index is 13.0. The number of halogens is 1. The van der Waals surface area contributed by atoms with Gasteiger partial charge in [0.1, 0.15) is 12.2 Å². The zero-order chi connectivity index (χ0) is 32.2. The fourth-order valence-electron chi connectivity index (χ4n) is 5.42. The number of piperidine rings is 1. The van der Waals surface area contributed by atoms with Gasteiger partial charge in [-0.05, 0) is 31.4 Å². The second-order valence-electron chi connectivity index (χ2n) is 11.2. The van der Waals surface area contributed by atoms with E-state index in [4.69, 9.17) is 25.8 Å². The average molecular weight is 650 g/mol. The van der Waals surface area contributed by atoms with Crippen LogP contribution < -0.4 is 20.9 Å². The summed E-state index contributed by atoms with van der Waals surface area (Å²) in [6.45, 7) is 3.04. The summed E-state index contributed by atoms with van der Waals surface area (Å²) in [5, 5.41) is 33.4. The Balaban J connectivity index is 1.26. The SMILES string of the molecule is COC(=O)N[C@@H]1CCN(c2cc(C#N)cc(Nc3nc(NC4CC4)c4ncc(C#N)n4n3)c2Cl)C[C@@H]1OC(=O)CN1CCOCC1. The summed E-state index contributed by atoms with van der Waals surface area (Å²) in [4.78, 5) is 37.8. The number of nitriles is 2. The first-order valence-electron chi connectivity index (χ1n) is 14.9. The molecule has 1 saturated carbocycles. The van der Waals surface area contributed by atoms with Gasteiger partial charge in [-0.3, -0.25) is 9.69 Å². The maximum Gasteiger partial charge on any atom is 0.407 e. The minimum absolute atomic E-state index is 0.0932. The van der Waals surface area contributed by atoms with E-state index >= 15 is 0 Å². The van der Waals surface area contributed by atoms with Crippen LogP contribution in [0.2, 0.25) is 5.02 Å². The second-order valence-corrected chi connectivity index (χ2v) is 11.6. The van der Waals surface area contributed by atoms with Gasteiger partial charge in [-0.1, -0.05) is 11.6 Å². The molecule has 0 spiro atoms. The summed E-state index contributed by atoms with van der Waals surface area (Å²) >= 11 is 6.96. The summed E-state index contributed by atoms with van der Waals surface area (Å²) < 4.78 is 17.5. The summed E-state index contributed by atoms with van der Waals surface area (Å²) in [5.74, 6) is 0.184. The fourth-order valence-corrected chi connectivity index (χ4v) is 5.70. The monoisotopic (exact) mass is 649 g/mol. The van der Waals surface area contributed by atoms with E-state index in [-0.39, 0.29) is 35.8 Å². The predicted octanol–water partition coefficient (Wildman–Crippen LogP) is 2.02. The second kappa shape index (κ2) is 13.6. The van der Waals surface area contributed by atoms with Gasteiger partial charge in [-0.2, -0.15) is 20.0 Å². The number of carbonyl (C=O) groups excluding carboxylic acids is 2. The van der Waals surface area contributed by atoms with Gasteiger partial charge in [-0.25, -0.2) is 9.78 Å². The highest BCUT2D eigenvalue weighted by Crippen LogP contribution is 2.38. The van der Waals surface area contributed by atoms with Gasteiger partial charge in [-0.15, -0.1) is 5.10 Å². The molecule has 16 nitrogen and oxygen atoms in total. The number of alkyl carbamates (subject to hydrolysis) is 1. The highest BCUT2D eigenvalue weighted by molar-refractivity contribution is 6.36. The number of carbonyl (C=O) groups is 2. The Bertz CT molecular complexity index is 1710. The summed E-state index contributed by atoms with van der Waals surface area (Å²) in [7, 11) is 1.27. The van der Waals surface area contributed by atoms with Crippen LogP contribution in [0.4, 0.5) is 27.9 Å². The van der Waals surface area contributed by atoms with Gasteiger partial charge >= 0.3 is 12.1 Å². The molecule has 3 fully saturated rings. The number of methoxy groups -OCH3 is 1. The lowest BCUT2D eigenvalue weighted by molar-refractivity contribution is -0.153. The molecule has 2 aliphatic heterocycles. The van der Waals surface area contributed by atoms with Gasteiger partial charge in [0, 0.05) is 25.7 Å². The Labute approximate surface area is 269 Å². The number of amides is 1. The van der Waals surface area contributed by atoms with E-state index in [0.717, 1.165) is 12.8 Å². The number of esters is 1. The summed E-state index contributed by atoms with van der Waals surface area (Å²) in [6, 6.07) is 7.24. The molecule has 0 unspecified atom stereocenters. The van der Waals surface area contributed by atoms with Gasteiger partial charge in [0.2, 0.25) is 5.95 Å². The van der Waals surface area contributed by atoms with Crippen LogP contribution in [-0.2, 0) is 19.0 Å². The van der Waals surface area contributed by atoms with Crippen LogP contribution in [0.15, 0.2) is 18.3 Å². The van der Waals surface area contributed by atoms with E-state index in [0.29, 0.717) is 67.7 Å². The van der Waals surface area contributed by atoms with Crippen LogP contribution in [0.25, 0.3) is 5.65 Å². The lowest BCUT2D eigenvalue weighted by Crippen LogP contribution is -2.56. The van der Waals surface area contributed by atoms with Crippen LogP contribution in [0, 0.1) is 22.7 Å². The molecule has 4 heterocycles. The number of anilines is 4. The van der Waals surface area contributed by atoms with Crippen LogP contribution in [0.5, 0.6) is 0 Å². The van der Waals surface area contributed by atoms with Crippen molar-refractivity contribution in [3.8, 4) is 12.1 Å². The molecule has 3 N–H and O–H groups in total. The molecule has 1 aliphatic carbocycles. The summed E-state index contributed by atoms with van der Waals surface area (Å²) in [6.07, 6.45) is 2.48. The molecular weight excluding hydrogens is 618 g/mol. The Morgan fingerprint density at radius 1 is 1.15 bits per heavy atom. The molecule has 2 saturated heterocycles. The third-order valence-corrected chi connectivity index (χ3v) is 8.35. The first kappa shape index (κ1) is 31.1. The quantitative estimate of drug-likeness (QED) is 0.285. The lowest BCUT2D eigenvalue weighted by atomic mass is 10.0. The number of hydrogen-bond acceptors (Lipinski definition) is 14. The van der Waals surface area contributed by atoms with Gasteiger partial charge in [0.15, 0.2) is 17.2 Å². The highest BCUT2D eigenvalue weighted by atomic mass is 35.5. The van der Waals surface area contributed by atoms with Gasteiger partial charge in [0.25, 0.3) is 0 Å². The number of nitrogens with zero attached hydrogens (tertiary/aromatic N) is 8. The largest absolute Gasteiger partial charge is 0.457 e. The molecule has 1 aromatic carbocycles. The van der Waals surface area contributed by atoms with E-state index in [1.807, 2.05) is 9.80 Å². The van der Waals surface area contributed by atoms with Crippen molar-refractivity contribution in [1.82, 2.24) is 29.8 Å². The van der Waals surface area contributed by atoms with Crippen molar-refractivity contribution in [3.63, 3.8) is 0 Å². The van der Waals surface area contributed by atoms with Crippen LogP contribution in [-0.4, -0.2) is 108 Å². The Morgan fingerprint density at radius 3 is 2.67 bits per heavy atom. The Hall–Kier alpha value is -4.90. The van der Waals surface area contributed by atoms with Crippen molar-refractivity contribution in [1.29, 1.82) is 10.5 Å². The molecule has 240 valence electrons. The molecule has 2 atom stereocenters. The number of nitrogens with one attached hydrogen (secondary N) is 3. The number of benzene rings is 1. The number of imidazole rings is 1. The van der Waals surface area contributed by atoms with Crippen molar-refractivity contribution in [2.24, 2.45) is 0 Å². The molecule has 2 aromatic heterocycles. The van der Waals surface area contributed by atoms with Crippen molar-refractivity contribution in [3.05, 3.63) is 34.6 Å². The smallest absolute Gasteiger partial charge is 0.407 e. The van der Waals surface area contributed by atoms with Crippen molar-refractivity contribution in [2.45, 2.75) is 37.5 Å². The molecule has 0 radical (unpaired) electrons. The number of aromatic nitrogens is 4. The first-order valence-corrected chi connectivity index (χ1v) is 15.2. The molecule has 17 heteroatoms. The minimum Gasteiger partial charge on any atom is -0.457 e. The standard InChI is InChI=1S/C29H32ClN11O5/c1-44-29(43)36-20-4-5-40(15-23(20)46-24(42)16-39-6-8-45-9-7-39)22-11-17(12-31)10-21(25(22)30)35-28-37-26(34-18-2-3-18)27-33-14-19(13-32)41(27)38-28/h10-11,14,18,20,23H,2-9,15-16H2,1H3,(H,36,43)(H2,34,35,37,38)/t20-,23+/m1/s1. The van der Waals surface area contributed by atoms with Crippen molar-refractivity contribution < 1.29 is 23.8 Å². The number of hydrogen-bond donors (Lipinski definition) is 3. The number of morpholine rings is 1. The molecule has 46 heavy (non-hydrogen) atoms. The van der Waals surface area contributed by atoms with E-state index < -0.39 is 24.2 Å². The topological polar surface area (TPSA) is 195 Å². The molecular formula is C29H32ClN11O5. The highest BCUT2D eigenvalue weighted by Gasteiger charge is 2.35. The molecule has 3 aliphatic rings. The predicted molar refractivity (Wildman–Crippen MR) is 165 cm³/mol. The van der Waals surface area contributed by atoms with Crippen molar-refractivity contribution >= 4 is 52.5 Å². The number of rotatable bonds is 9. The average Bonchev–Trinajstić information content (AvgIpc) is 3.78. The van der Waals surface area contributed by atoms with E-state index in [1.165, 1.54) is 17.8 Å². The van der Waals surface area contributed by atoms with Gasteiger partial charge < -0.3 is 35.1 Å². The molecule has 6 rings (SSSR count). The Morgan fingerprint density at radius 2 is 1.96 bits per heavy atom. The van der Waals surface area contributed by atoms with Crippen LogP contribution in [0.3, 0.4) is 0 Å². The molecule has 3 aromatic rings. The lowest BCUT2D eigenvalue weighted by Gasteiger charge is -2.40. The number of fused-ring (bicyclic) bond motifs is 1. The number of ether oxygens (including phenoxy) is 3. The minimum atomic E-state index is -0.730. The summed E-state index contributed by atoms with van der Waals surface area (Å²) in [5.41, 5.74) is 1.85. The molecule has 1 amide bonds. The van der Waals surface area contributed by atoms with Crippen LogP contribution >= 0.6 is 11.6 Å².